The van der Waals surface area contributed by atoms with E-state index in [9.17, 15) is 9.59 Å². The molecule has 1 aromatic heterocycles. The minimum absolute atomic E-state index is 0.139. The zero-order valence-corrected chi connectivity index (χ0v) is 20.7. The number of hydrogen-bond acceptors (Lipinski definition) is 4. The van der Waals surface area contributed by atoms with Gasteiger partial charge in [0.1, 0.15) is 0 Å². The highest BCUT2D eigenvalue weighted by Crippen LogP contribution is 2.36. The van der Waals surface area contributed by atoms with Gasteiger partial charge in [-0.2, -0.15) is 5.10 Å². The number of carbonyl (C=O) groups excluding carboxylic acids is 2. The quantitative estimate of drug-likeness (QED) is 0.398. The number of ether oxygens (including phenoxy) is 1. The fraction of sp³-hybridized carbons (Fsp3) is 0.346. The van der Waals surface area contributed by atoms with Crippen LogP contribution in [0.1, 0.15) is 65.4 Å². The molecule has 0 saturated heterocycles. The molecule has 0 aliphatic heterocycles. The van der Waals surface area contributed by atoms with Crippen molar-refractivity contribution in [1.29, 1.82) is 0 Å². The molecule has 3 aromatic rings. The summed E-state index contributed by atoms with van der Waals surface area (Å²) in [7, 11) is 0. The Morgan fingerprint density at radius 3 is 2.56 bits per heavy atom. The maximum absolute atomic E-state index is 13.3. The molecule has 8 heteroatoms. The molecule has 2 aromatic carbocycles. The van der Waals surface area contributed by atoms with E-state index in [1.807, 2.05) is 13.0 Å². The second-order valence-electron chi connectivity index (χ2n) is 8.40. The Bertz CT molecular complexity index is 1220. The minimum Gasteiger partial charge on any atom is -0.462 e. The number of nitrogens with zero attached hydrogens (tertiary/aromatic N) is 2. The summed E-state index contributed by atoms with van der Waals surface area (Å²) in [5.74, 6) is -0.698. The van der Waals surface area contributed by atoms with Crippen LogP contribution in [0.15, 0.2) is 42.5 Å². The molecule has 1 saturated carbocycles. The van der Waals surface area contributed by atoms with Crippen molar-refractivity contribution in [3.63, 3.8) is 0 Å². The smallest absolute Gasteiger partial charge is 0.340 e. The normalized spacial score (nSPS) is 14.1. The molecule has 0 bridgehead atoms. The molecule has 1 aliphatic carbocycles. The Morgan fingerprint density at radius 1 is 1.12 bits per heavy atom. The molecule has 0 atom stereocenters. The van der Waals surface area contributed by atoms with Crippen LogP contribution in [0.4, 0.5) is 0 Å². The molecule has 0 spiro atoms. The van der Waals surface area contributed by atoms with Gasteiger partial charge in [-0.25, -0.2) is 9.48 Å². The number of rotatable bonds is 6. The standard InChI is InChI=1S/C26H27Cl2N3O3/c1-3-34-26(33)20-11-7-8-12-22(20)31-24(19-14-13-17(27)15-21(19)28)16(2)23(30-31)25(32)29-18-9-5-4-6-10-18/h7-8,11-15,18H,3-6,9-10H2,1-2H3,(H,29,32). The summed E-state index contributed by atoms with van der Waals surface area (Å²) in [6, 6.07) is 12.3. The maximum Gasteiger partial charge on any atom is 0.340 e. The summed E-state index contributed by atoms with van der Waals surface area (Å²) >= 11 is 12.7. The first-order valence-electron chi connectivity index (χ1n) is 11.5. The van der Waals surface area contributed by atoms with E-state index >= 15 is 0 Å². The third-order valence-corrected chi connectivity index (χ3v) is 6.64. The lowest BCUT2D eigenvalue weighted by Crippen LogP contribution is -2.36. The Labute approximate surface area is 209 Å². The predicted molar refractivity (Wildman–Crippen MR) is 134 cm³/mol. The summed E-state index contributed by atoms with van der Waals surface area (Å²) in [5.41, 5.74) is 3.08. The van der Waals surface area contributed by atoms with Gasteiger partial charge in [0.2, 0.25) is 0 Å². The second kappa shape index (κ2) is 10.6. The van der Waals surface area contributed by atoms with E-state index in [1.165, 1.54) is 6.42 Å². The van der Waals surface area contributed by atoms with Gasteiger partial charge in [-0.1, -0.05) is 54.6 Å². The lowest BCUT2D eigenvalue weighted by atomic mass is 9.95. The van der Waals surface area contributed by atoms with Gasteiger partial charge in [0.25, 0.3) is 5.91 Å². The van der Waals surface area contributed by atoms with Gasteiger partial charge >= 0.3 is 5.97 Å². The fourth-order valence-corrected chi connectivity index (χ4v) is 4.92. The van der Waals surface area contributed by atoms with Gasteiger partial charge in [-0.3, -0.25) is 4.79 Å². The van der Waals surface area contributed by atoms with E-state index in [0.717, 1.165) is 25.7 Å². The highest BCUT2D eigenvalue weighted by Gasteiger charge is 2.27. The third kappa shape index (κ3) is 4.98. The van der Waals surface area contributed by atoms with E-state index < -0.39 is 5.97 Å². The van der Waals surface area contributed by atoms with Crippen LogP contribution in [-0.2, 0) is 4.74 Å². The number of nitrogens with one attached hydrogen (secondary N) is 1. The number of aromatic nitrogens is 2. The van der Waals surface area contributed by atoms with E-state index in [-0.39, 0.29) is 18.6 Å². The van der Waals surface area contributed by atoms with E-state index in [2.05, 4.69) is 5.32 Å². The largest absolute Gasteiger partial charge is 0.462 e. The molecule has 1 aliphatic rings. The number of esters is 1. The van der Waals surface area contributed by atoms with Crippen molar-refractivity contribution in [3.05, 3.63) is 69.3 Å². The van der Waals surface area contributed by atoms with Crippen molar-refractivity contribution in [1.82, 2.24) is 15.1 Å². The number of benzene rings is 2. The van der Waals surface area contributed by atoms with Crippen LogP contribution < -0.4 is 5.32 Å². The monoisotopic (exact) mass is 499 g/mol. The Hall–Kier alpha value is -2.83. The van der Waals surface area contributed by atoms with E-state index in [0.29, 0.717) is 43.8 Å². The zero-order chi connectivity index (χ0) is 24.2. The lowest BCUT2D eigenvalue weighted by Gasteiger charge is -2.22. The molecule has 1 N–H and O–H groups in total. The third-order valence-electron chi connectivity index (χ3n) is 6.09. The second-order valence-corrected chi connectivity index (χ2v) is 9.25. The van der Waals surface area contributed by atoms with Crippen LogP contribution in [0.25, 0.3) is 16.9 Å². The molecule has 1 fully saturated rings. The van der Waals surface area contributed by atoms with Crippen molar-refractivity contribution in [2.45, 2.75) is 52.0 Å². The first-order valence-corrected chi connectivity index (χ1v) is 12.3. The molecule has 178 valence electrons. The molecule has 0 unspecified atom stereocenters. The first-order chi connectivity index (χ1) is 16.4. The summed E-state index contributed by atoms with van der Waals surface area (Å²) in [4.78, 5) is 26.0. The van der Waals surface area contributed by atoms with Gasteiger partial charge < -0.3 is 10.1 Å². The van der Waals surface area contributed by atoms with Gasteiger partial charge in [0.05, 0.1) is 28.6 Å². The number of carbonyl (C=O) groups is 2. The summed E-state index contributed by atoms with van der Waals surface area (Å²) in [5, 5.41) is 8.75. The van der Waals surface area contributed by atoms with Crippen LogP contribution in [0.3, 0.4) is 0 Å². The Kier molecular flexibility index (Phi) is 7.59. The van der Waals surface area contributed by atoms with Crippen molar-refractivity contribution >= 4 is 35.1 Å². The van der Waals surface area contributed by atoms with Gasteiger partial charge in [0, 0.05) is 22.2 Å². The molecule has 1 amide bonds. The summed E-state index contributed by atoms with van der Waals surface area (Å²) in [6.07, 6.45) is 5.35. The van der Waals surface area contributed by atoms with Crippen LogP contribution in [-0.4, -0.2) is 34.3 Å². The Morgan fingerprint density at radius 2 is 1.85 bits per heavy atom. The summed E-state index contributed by atoms with van der Waals surface area (Å²) < 4.78 is 6.86. The SMILES string of the molecule is CCOC(=O)c1ccccc1-n1nc(C(=O)NC2CCCCC2)c(C)c1-c1ccc(Cl)cc1Cl. The topological polar surface area (TPSA) is 73.2 Å². The first kappa shape index (κ1) is 24.3. The van der Waals surface area contributed by atoms with Gasteiger partial charge in [0.15, 0.2) is 5.69 Å². The fourth-order valence-electron chi connectivity index (χ4n) is 4.42. The number of para-hydroxylation sites is 1. The number of hydrogen-bond donors (Lipinski definition) is 1. The molecule has 6 nitrogen and oxygen atoms in total. The zero-order valence-electron chi connectivity index (χ0n) is 19.2. The lowest BCUT2D eigenvalue weighted by molar-refractivity contribution is 0.0526. The number of halogens is 2. The average molecular weight is 500 g/mol. The maximum atomic E-state index is 13.3. The molecular weight excluding hydrogens is 473 g/mol. The highest BCUT2D eigenvalue weighted by atomic mass is 35.5. The van der Waals surface area contributed by atoms with Crippen molar-refractivity contribution < 1.29 is 14.3 Å². The minimum atomic E-state index is -0.465. The van der Waals surface area contributed by atoms with Crippen LogP contribution >= 0.6 is 23.2 Å². The van der Waals surface area contributed by atoms with Crippen LogP contribution in [0.2, 0.25) is 10.0 Å². The molecule has 4 rings (SSSR count). The predicted octanol–water partition coefficient (Wildman–Crippen LogP) is 6.39. The summed E-state index contributed by atoms with van der Waals surface area (Å²) in [6.45, 7) is 3.84. The van der Waals surface area contributed by atoms with Crippen molar-refractivity contribution in [2.24, 2.45) is 0 Å². The van der Waals surface area contributed by atoms with Crippen LogP contribution in [0.5, 0.6) is 0 Å². The van der Waals surface area contributed by atoms with Crippen LogP contribution in [0, 0.1) is 6.92 Å². The molecular formula is C26H27Cl2N3O3. The number of amides is 1. The van der Waals surface area contributed by atoms with Gasteiger partial charge in [-0.15, -0.1) is 0 Å². The molecule has 1 heterocycles. The molecule has 0 radical (unpaired) electrons. The highest BCUT2D eigenvalue weighted by molar-refractivity contribution is 6.36. The van der Waals surface area contributed by atoms with Crippen molar-refractivity contribution in [3.8, 4) is 16.9 Å². The van der Waals surface area contributed by atoms with Crippen molar-refractivity contribution in [2.75, 3.05) is 6.61 Å². The molecule has 34 heavy (non-hydrogen) atoms. The average Bonchev–Trinajstić information content (AvgIpc) is 3.17. The van der Waals surface area contributed by atoms with Gasteiger partial charge in [-0.05, 0) is 57.0 Å². The van der Waals surface area contributed by atoms with E-state index in [1.54, 1.807) is 48.0 Å². The van der Waals surface area contributed by atoms with E-state index in [4.69, 9.17) is 33.0 Å². The Balaban J connectivity index is 1.86.